The van der Waals surface area contributed by atoms with Crippen molar-refractivity contribution in [2.45, 2.75) is 13.0 Å². The van der Waals surface area contributed by atoms with E-state index >= 15 is 0 Å². The van der Waals surface area contributed by atoms with E-state index in [9.17, 15) is 4.79 Å². The predicted octanol–water partition coefficient (Wildman–Crippen LogP) is 0.137. The number of hydrogen-bond donors (Lipinski definition) is 1. The van der Waals surface area contributed by atoms with Crippen molar-refractivity contribution in [1.82, 2.24) is 25.1 Å². The van der Waals surface area contributed by atoms with E-state index in [1.807, 2.05) is 6.92 Å². The Kier molecular flexibility index (Phi) is 3.09. The Morgan fingerprint density at radius 2 is 2.20 bits per heavy atom. The summed E-state index contributed by atoms with van der Waals surface area (Å²) in [4.78, 5) is 22.5. The van der Waals surface area contributed by atoms with Crippen LogP contribution in [0.1, 0.15) is 16.2 Å². The topological polar surface area (TPSA) is 75.9 Å². The fourth-order valence-electron chi connectivity index (χ4n) is 2.16. The van der Waals surface area contributed by atoms with E-state index in [2.05, 4.69) is 25.3 Å². The molecule has 7 heteroatoms. The molecule has 1 amide bonds. The maximum Gasteiger partial charge on any atom is 0.272 e. The summed E-state index contributed by atoms with van der Waals surface area (Å²) in [7, 11) is 1.79. The predicted molar refractivity (Wildman–Crippen MR) is 73.4 cm³/mol. The molecule has 1 aliphatic heterocycles. The van der Waals surface area contributed by atoms with Gasteiger partial charge in [0.25, 0.3) is 5.91 Å². The Hall–Kier alpha value is -2.44. The van der Waals surface area contributed by atoms with Crippen LogP contribution in [0.5, 0.6) is 0 Å². The van der Waals surface area contributed by atoms with Crippen LogP contribution in [0.4, 0.5) is 5.82 Å². The van der Waals surface area contributed by atoms with Gasteiger partial charge < -0.3 is 10.2 Å². The van der Waals surface area contributed by atoms with Gasteiger partial charge in [-0.25, -0.2) is 4.98 Å². The largest absolute Gasteiger partial charge is 0.351 e. The van der Waals surface area contributed by atoms with E-state index in [1.54, 1.807) is 36.4 Å². The number of aromatic nitrogens is 4. The fraction of sp³-hybridized carbons (Fsp3) is 0.385. The van der Waals surface area contributed by atoms with Crippen molar-refractivity contribution < 1.29 is 4.79 Å². The molecule has 0 unspecified atom stereocenters. The third-order valence-electron chi connectivity index (χ3n) is 3.23. The first-order valence-corrected chi connectivity index (χ1v) is 6.46. The molecular weight excluding hydrogens is 256 g/mol. The number of nitrogens with one attached hydrogen (secondary N) is 1. The number of anilines is 1. The molecule has 104 valence electrons. The van der Waals surface area contributed by atoms with Gasteiger partial charge >= 0.3 is 0 Å². The average molecular weight is 272 g/mol. The Labute approximate surface area is 116 Å². The highest BCUT2D eigenvalue weighted by molar-refractivity contribution is 5.92. The van der Waals surface area contributed by atoms with Crippen LogP contribution in [0, 0.1) is 6.92 Å². The summed E-state index contributed by atoms with van der Waals surface area (Å²) < 4.78 is 1.62. The SMILES string of the molecule is Cc1cncc(N2CC(NC(=O)c3ccn(C)n3)C2)n1. The van der Waals surface area contributed by atoms with Gasteiger partial charge in [0.05, 0.1) is 17.9 Å². The fourth-order valence-corrected chi connectivity index (χ4v) is 2.16. The first kappa shape index (κ1) is 12.6. The van der Waals surface area contributed by atoms with Crippen molar-refractivity contribution in [2.75, 3.05) is 18.0 Å². The second-order valence-electron chi connectivity index (χ2n) is 4.97. The lowest BCUT2D eigenvalue weighted by Crippen LogP contribution is -2.59. The molecule has 0 atom stereocenters. The van der Waals surface area contributed by atoms with Crippen LogP contribution in [-0.2, 0) is 7.05 Å². The Bertz CT molecular complexity index is 631. The first-order chi connectivity index (χ1) is 9.61. The van der Waals surface area contributed by atoms with Crippen molar-refractivity contribution in [3.63, 3.8) is 0 Å². The number of amides is 1. The summed E-state index contributed by atoms with van der Waals surface area (Å²) in [6, 6.07) is 1.84. The van der Waals surface area contributed by atoms with E-state index in [1.165, 1.54) is 0 Å². The molecule has 2 aromatic heterocycles. The summed E-state index contributed by atoms with van der Waals surface area (Å²) in [6.07, 6.45) is 5.22. The van der Waals surface area contributed by atoms with E-state index in [0.29, 0.717) is 5.69 Å². The monoisotopic (exact) mass is 272 g/mol. The molecule has 0 bridgehead atoms. The highest BCUT2D eigenvalue weighted by atomic mass is 16.2. The number of aryl methyl sites for hydroxylation is 2. The van der Waals surface area contributed by atoms with Crippen molar-refractivity contribution in [3.8, 4) is 0 Å². The molecule has 1 aliphatic rings. The smallest absolute Gasteiger partial charge is 0.272 e. The quantitative estimate of drug-likeness (QED) is 0.860. The maximum absolute atomic E-state index is 11.9. The van der Waals surface area contributed by atoms with Gasteiger partial charge in [0.1, 0.15) is 11.5 Å². The summed E-state index contributed by atoms with van der Waals surface area (Å²) in [5.74, 6) is 0.721. The zero-order chi connectivity index (χ0) is 14.1. The van der Waals surface area contributed by atoms with Crippen molar-refractivity contribution in [1.29, 1.82) is 0 Å². The van der Waals surface area contributed by atoms with Crippen molar-refractivity contribution >= 4 is 11.7 Å². The average Bonchev–Trinajstić information content (AvgIpc) is 2.80. The molecule has 1 saturated heterocycles. The van der Waals surface area contributed by atoms with E-state index in [-0.39, 0.29) is 11.9 Å². The molecular formula is C13H16N6O. The lowest BCUT2D eigenvalue weighted by atomic mass is 10.1. The third-order valence-corrected chi connectivity index (χ3v) is 3.23. The first-order valence-electron chi connectivity index (χ1n) is 6.46. The maximum atomic E-state index is 11.9. The van der Waals surface area contributed by atoms with Crippen LogP contribution in [0.15, 0.2) is 24.7 Å². The number of carbonyl (C=O) groups excluding carboxylic acids is 1. The molecule has 3 heterocycles. The van der Waals surface area contributed by atoms with Crippen molar-refractivity contribution in [3.05, 3.63) is 36.0 Å². The molecule has 1 fully saturated rings. The zero-order valence-corrected chi connectivity index (χ0v) is 11.4. The summed E-state index contributed by atoms with van der Waals surface area (Å²) in [5.41, 5.74) is 1.34. The van der Waals surface area contributed by atoms with Crippen LogP contribution in [-0.4, -0.2) is 44.8 Å². The van der Waals surface area contributed by atoms with E-state index < -0.39 is 0 Å². The zero-order valence-electron chi connectivity index (χ0n) is 11.4. The van der Waals surface area contributed by atoms with Gasteiger partial charge in [-0.3, -0.25) is 14.5 Å². The summed E-state index contributed by atoms with van der Waals surface area (Å²) in [5, 5.41) is 7.04. The van der Waals surface area contributed by atoms with Crippen molar-refractivity contribution in [2.24, 2.45) is 7.05 Å². The number of carbonyl (C=O) groups is 1. The molecule has 0 saturated carbocycles. The summed E-state index contributed by atoms with van der Waals surface area (Å²) >= 11 is 0. The molecule has 3 rings (SSSR count). The number of rotatable bonds is 3. The second-order valence-corrected chi connectivity index (χ2v) is 4.97. The van der Waals surface area contributed by atoms with E-state index in [4.69, 9.17) is 0 Å². The minimum Gasteiger partial charge on any atom is -0.351 e. The molecule has 0 aromatic carbocycles. The highest BCUT2D eigenvalue weighted by Crippen LogP contribution is 2.17. The lowest BCUT2D eigenvalue weighted by molar-refractivity contribution is 0.0924. The number of hydrogen-bond acceptors (Lipinski definition) is 5. The van der Waals surface area contributed by atoms with Gasteiger partial charge in [-0.05, 0) is 13.0 Å². The van der Waals surface area contributed by atoms with Gasteiger partial charge in [-0.15, -0.1) is 0 Å². The van der Waals surface area contributed by atoms with Crippen LogP contribution in [0.25, 0.3) is 0 Å². The molecule has 7 nitrogen and oxygen atoms in total. The molecule has 0 spiro atoms. The Balaban J connectivity index is 1.55. The Morgan fingerprint density at radius 3 is 2.85 bits per heavy atom. The van der Waals surface area contributed by atoms with Crippen LogP contribution < -0.4 is 10.2 Å². The summed E-state index contributed by atoms with van der Waals surface area (Å²) in [6.45, 7) is 3.41. The van der Waals surface area contributed by atoms with Crippen LogP contribution >= 0.6 is 0 Å². The van der Waals surface area contributed by atoms with Gasteiger partial charge in [0.15, 0.2) is 0 Å². The lowest BCUT2D eigenvalue weighted by Gasteiger charge is -2.40. The van der Waals surface area contributed by atoms with Crippen LogP contribution in [0.3, 0.4) is 0 Å². The molecule has 2 aromatic rings. The second kappa shape index (κ2) is 4.92. The normalized spacial score (nSPS) is 15.0. The Morgan fingerprint density at radius 1 is 1.40 bits per heavy atom. The van der Waals surface area contributed by atoms with Gasteiger partial charge in [-0.2, -0.15) is 5.10 Å². The van der Waals surface area contributed by atoms with E-state index in [0.717, 1.165) is 24.6 Å². The molecule has 0 aliphatic carbocycles. The highest BCUT2D eigenvalue weighted by Gasteiger charge is 2.29. The van der Waals surface area contributed by atoms with Gasteiger partial charge in [-0.1, -0.05) is 0 Å². The third kappa shape index (κ3) is 2.47. The molecule has 1 N–H and O–H groups in total. The molecule has 0 radical (unpaired) electrons. The van der Waals surface area contributed by atoms with Crippen LogP contribution in [0.2, 0.25) is 0 Å². The van der Waals surface area contributed by atoms with Gasteiger partial charge in [0.2, 0.25) is 0 Å². The molecule has 20 heavy (non-hydrogen) atoms. The standard InChI is InChI=1S/C13H16N6O/c1-9-5-14-6-12(15-9)19-7-10(8-19)16-13(20)11-3-4-18(2)17-11/h3-6,10H,7-8H2,1-2H3,(H,16,20). The van der Waals surface area contributed by atoms with Gasteiger partial charge in [0, 0.05) is 32.5 Å². The minimum atomic E-state index is -0.134. The number of nitrogens with zero attached hydrogens (tertiary/aromatic N) is 5. The minimum absolute atomic E-state index is 0.131.